The molecule has 0 spiro atoms. The topological polar surface area (TPSA) is 48.0 Å². The summed E-state index contributed by atoms with van der Waals surface area (Å²) in [5, 5.41) is 14.3. The largest absolute Gasteiger partial charge is 0.508 e. The van der Waals surface area contributed by atoms with Gasteiger partial charge in [0.15, 0.2) is 0 Å². The van der Waals surface area contributed by atoms with Crippen molar-refractivity contribution in [1.82, 2.24) is 4.98 Å². The number of anilines is 1. The highest BCUT2D eigenvalue weighted by atomic mass is 16.3. The Morgan fingerprint density at radius 2 is 1.90 bits per heavy atom. The van der Waals surface area contributed by atoms with E-state index in [1.807, 2.05) is 26.1 Å². The van der Waals surface area contributed by atoms with Crippen LogP contribution in [-0.4, -0.2) is 10.1 Å². The van der Waals surface area contributed by atoms with E-state index in [0.717, 1.165) is 28.9 Å². The lowest BCUT2D eigenvalue weighted by Crippen LogP contribution is -2.01. The number of aromatic amines is 1. The maximum atomic E-state index is 9.67. The van der Waals surface area contributed by atoms with Crippen LogP contribution in [0.25, 0.3) is 10.9 Å². The summed E-state index contributed by atoms with van der Waals surface area (Å²) in [5.41, 5.74) is 5.40. The van der Waals surface area contributed by atoms with Crippen LogP contribution in [0.3, 0.4) is 0 Å². The Hall–Kier alpha value is -2.42. The first-order chi connectivity index (χ1) is 9.63. The van der Waals surface area contributed by atoms with Gasteiger partial charge in [-0.25, -0.2) is 0 Å². The molecule has 0 atom stereocenters. The minimum Gasteiger partial charge on any atom is -0.508 e. The number of aromatic nitrogens is 1. The van der Waals surface area contributed by atoms with Crippen molar-refractivity contribution in [2.45, 2.75) is 20.4 Å². The second-order valence-corrected chi connectivity index (χ2v) is 5.21. The number of nitrogens with one attached hydrogen (secondary N) is 2. The number of fused-ring (bicyclic) bond motifs is 1. The quantitative estimate of drug-likeness (QED) is 0.625. The third-order valence-electron chi connectivity index (χ3n) is 3.64. The highest BCUT2D eigenvalue weighted by molar-refractivity contribution is 5.80. The molecule has 3 nitrogen and oxygen atoms in total. The van der Waals surface area contributed by atoms with Crippen molar-refractivity contribution in [3.05, 3.63) is 59.3 Å². The van der Waals surface area contributed by atoms with Crippen molar-refractivity contribution in [2.24, 2.45) is 0 Å². The molecule has 20 heavy (non-hydrogen) atoms. The predicted octanol–water partition coefficient (Wildman–Crippen LogP) is 4.10. The summed E-state index contributed by atoms with van der Waals surface area (Å²) in [6.45, 7) is 4.68. The van der Waals surface area contributed by atoms with E-state index >= 15 is 0 Å². The molecule has 0 saturated heterocycles. The minimum absolute atomic E-state index is 0.349. The lowest BCUT2D eigenvalue weighted by molar-refractivity contribution is 0.471. The molecule has 102 valence electrons. The summed E-state index contributed by atoms with van der Waals surface area (Å²) in [6.07, 6.45) is 1.95. The molecule has 2 aromatic carbocycles. The van der Waals surface area contributed by atoms with Crippen LogP contribution in [0.5, 0.6) is 5.75 Å². The Bertz CT molecular complexity index is 759. The van der Waals surface area contributed by atoms with E-state index in [9.17, 15) is 5.11 Å². The zero-order chi connectivity index (χ0) is 14.1. The maximum Gasteiger partial charge on any atom is 0.118 e. The maximum absolute atomic E-state index is 9.67. The Morgan fingerprint density at radius 3 is 2.75 bits per heavy atom. The lowest BCUT2D eigenvalue weighted by Gasteiger charge is -2.12. The molecule has 0 fully saturated rings. The summed E-state index contributed by atoms with van der Waals surface area (Å²) in [5.74, 6) is 0.349. The average molecular weight is 266 g/mol. The SMILES string of the molecule is Cc1cc(NCc2ccc3[nH]ccc3c2)c(C)cc1O. The van der Waals surface area contributed by atoms with Gasteiger partial charge in [-0.05, 0) is 66.3 Å². The van der Waals surface area contributed by atoms with Crippen LogP contribution in [0.1, 0.15) is 16.7 Å². The van der Waals surface area contributed by atoms with Gasteiger partial charge in [-0.2, -0.15) is 0 Å². The number of benzene rings is 2. The second-order valence-electron chi connectivity index (χ2n) is 5.21. The van der Waals surface area contributed by atoms with E-state index in [-0.39, 0.29) is 0 Å². The van der Waals surface area contributed by atoms with Crippen molar-refractivity contribution in [1.29, 1.82) is 0 Å². The van der Waals surface area contributed by atoms with Crippen molar-refractivity contribution in [3.8, 4) is 5.75 Å². The summed E-state index contributed by atoms with van der Waals surface area (Å²) < 4.78 is 0. The molecule has 0 unspecified atom stereocenters. The van der Waals surface area contributed by atoms with Gasteiger partial charge in [0.25, 0.3) is 0 Å². The lowest BCUT2D eigenvalue weighted by atomic mass is 10.1. The Labute approximate surface area is 118 Å². The van der Waals surface area contributed by atoms with Gasteiger partial charge in [0.1, 0.15) is 5.75 Å². The van der Waals surface area contributed by atoms with Crippen molar-refractivity contribution in [3.63, 3.8) is 0 Å². The van der Waals surface area contributed by atoms with Gasteiger partial charge in [0.2, 0.25) is 0 Å². The van der Waals surface area contributed by atoms with E-state index in [4.69, 9.17) is 0 Å². The zero-order valence-electron chi connectivity index (χ0n) is 11.7. The van der Waals surface area contributed by atoms with Crippen LogP contribution in [0.15, 0.2) is 42.6 Å². The molecule has 1 aromatic heterocycles. The number of hydrogen-bond donors (Lipinski definition) is 3. The number of H-pyrrole nitrogens is 1. The Kier molecular flexibility index (Phi) is 3.11. The molecule has 3 N–H and O–H groups in total. The second kappa shape index (κ2) is 4.93. The predicted molar refractivity (Wildman–Crippen MR) is 83.2 cm³/mol. The molecule has 3 heteroatoms. The van der Waals surface area contributed by atoms with E-state index in [1.165, 1.54) is 10.9 Å². The molecule has 0 aliphatic rings. The van der Waals surface area contributed by atoms with E-state index < -0.39 is 0 Å². The zero-order valence-corrected chi connectivity index (χ0v) is 11.7. The normalized spacial score (nSPS) is 10.9. The molecule has 0 radical (unpaired) electrons. The van der Waals surface area contributed by atoms with Crippen molar-refractivity contribution >= 4 is 16.6 Å². The first kappa shape index (κ1) is 12.6. The fraction of sp³-hybridized carbons (Fsp3) is 0.176. The van der Waals surface area contributed by atoms with Gasteiger partial charge in [-0.15, -0.1) is 0 Å². The van der Waals surface area contributed by atoms with E-state index in [0.29, 0.717) is 5.75 Å². The van der Waals surface area contributed by atoms with Gasteiger partial charge >= 0.3 is 0 Å². The molecule has 3 aromatic rings. The Morgan fingerprint density at radius 1 is 1.05 bits per heavy atom. The molecule has 0 bridgehead atoms. The summed E-state index contributed by atoms with van der Waals surface area (Å²) in [4.78, 5) is 3.20. The summed E-state index contributed by atoms with van der Waals surface area (Å²) >= 11 is 0. The molecule has 0 saturated carbocycles. The molecular weight excluding hydrogens is 248 g/mol. The van der Waals surface area contributed by atoms with Gasteiger partial charge in [-0.1, -0.05) is 6.07 Å². The smallest absolute Gasteiger partial charge is 0.118 e. The van der Waals surface area contributed by atoms with Gasteiger partial charge in [0.05, 0.1) is 0 Å². The van der Waals surface area contributed by atoms with Gasteiger partial charge in [-0.3, -0.25) is 0 Å². The highest BCUT2D eigenvalue weighted by Crippen LogP contribution is 2.25. The molecule has 3 rings (SSSR count). The van der Waals surface area contributed by atoms with Gasteiger partial charge < -0.3 is 15.4 Å². The molecule has 0 aliphatic heterocycles. The van der Waals surface area contributed by atoms with Gasteiger partial charge in [0, 0.05) is 23.9 Å². The minimum atomic E-state index is 0.349. The molecular formula is C17H18N2O. The number of phenols is 1. The van der Waals surface area contributed by atoms with Crippen LogP contribution < -0.4 is 5.32 Å². The fourth-order valence-electron chi connectivity index (χ4n) is 2.40. The van der Waals surface area contributed by atoms with E-state index in [1.54, 1.807) is 6.07 Å². The number of rotatable bonds is 3. The third-order valence-corrected chi connectivity index (χ3v) is 3.64. The van der Waals surface area contributed by atoms with Crippen LogP contribution in [0.2, 0.25) is 0 Å². The number of hydrogen-bond acceptors (Lipinski definition) is 2. The van der Waals surface area contributed by atoms with Crippen molar-refractivity contribution < 1.29 is 5.11 Å². The number of aryl methyl sites for hydroxylation is 2. The number of phenolic OH excluding ortho intramolecular Hbond substituents is 1. The monoisotopic (exact) mass is 266 g/mol. The summed E-state index contributed by atoms with van der Waals surface area (Å²) in [7, 11) is 0. The fourth-order valence-corrected chi connectivity index (χ4v) is 2.40. The molecule has 0 amide bonds. The van der Waals surface area contributed by atoms with Crippen LogP contribution in [0.4, 0.5) is 5.69 Å². The van der Waals surface area contributed by atoms with E-state index in [2.05, 4.69) is 34.6 Å². The molecule has 1 heterocycles. The number of aromatic hydroxyl groups is 1. The van der Waals surface area contributed by atoms with Crippen molar-refractivity contribution in [2.75, 3.05) is 5.32 Å². The standard InChI is InChI=1S/C17H18N2O/c1-11-8-17(20)12(2)7-16(11)19-10-13-3-4-15-14(9-13)5-6-18-15/h3-9,18-20H,10H2,1-2H3. The third kappa shape index (κ3) is 2.35. The summed E-state index contributed by atoms with van der Waals surface area (Å²) in [6, 6.07) is 12.3. The Balaban J connectivity index is 1.80. The first-order valence-corrected chi connectivity index (χ1v) is 6.73. The highest BCUT2D eigenvalue weighted by Gasteiger charge is 2.04. The first-order valence-electron chi connectivity index (χ1n) is 6.73. The van der Waals surface area contributed by atoms with Crippen LogP contribution in [-0.2, 0) is 6.54 Å². The molecule has 0 aliphatic carbocycles. The average Bonchev–Trinajstić information content (AvgIpc) is 2.89. The van der Waals surface area contributed by atoms with Crippen LogP contribution >= 0.6 is 0 Å². The van der Waals surface area contributed by atoms with Crippen LogP contribution in [0, 0.1) is 13.8 Å².